The van der Waals surface area contributed by atoms with Gasteiger partial charge < -0.3 is 5.32 Å². The van der Waals surface area contributed by atoms with Crippen molar-refractivity contribution in [3.8, 4) is 11.1 Å². The summed E-state index contributed by atoms with van der Waals surface area (Å²) in [6.45, 7) is 6.33. The van der Waals surface area contributed by atoms with Crippen LogP contribution in [-0.4, -0.2) is 14.4 Å². The molecule has 4 nitrogen and oxygen atoms in total. The van der Waals surface area contributed by atoms with Crippen LogP contribution in [-0.2, 0) is 0 Å². The Morgan fingerprint density at radius 2 is 1.60 bits per heavy atom. The number of anilines is 2. The third-order valence-electron chi connectivity index (χ3n) is 5.58. The van der Waals surface area contributed by atoms with Crippen molar-refractivity contribution in [3.63, 3.8) is 0 Å². The molecule has 30 heavy (non-hydrogen) atoms. The van der Waals surface area contributed by atoms with Crippen LogP contribution in [0.25, 0.3) is 27.7 Å². The molecule has 0 aliphatic rings. The smallest absolute Gasteiger partial charge is 0.157 e. The van der Waals surface area contributed by atoms with Gasteiger partial charge in [0.2, 0.25) is 0 Å². The maximum absolute atomic E-state index is 6.43. The molecule has 0 fully saturated rings. The van der Waals surface area contributed by atoms with E-state index in [1.165, 1.54) is 22.3 Å². The lowest BCUT2D eigenvalue weighted by atomic mass is 9.95. The minimum absolute atomic E-state index is 0.667. The summed E-state index contributed by atoms with van der Waals surface area (Å²) in [6, 6.07) is 18.6. The van der Waals surface area contributed by atoms with Crippen molar-refractivity contribution in [1.82, 2.24) is 14.4 Å². The maximum Gasteiger partial charge on any atom is 0.157 e. The standard InChI is InChI=1S/C25H21ClN4/c1-15-6-4-7-16(2)23(15)18-10-11-20-21(12-18)30-14-27-13-22(30)25(28-20)29-24-17(3)8-5-9-19(24)26/h4-14H,1-3H3,(H,28,29). The first-order valence-corrected chi connectivity index (χ1v) is 10.3. The quantitative estimate of drug-likeness (QED) is 0.351. The van der Waals surface area contributed by atoms with E-state index >= 15 is 0 Å². The SMILES string of the molecule is Cc1cccc(Cl)c1Nc1nc2ccc(-c3c(C)cccc3C)cc2n2cncc12. The first-order valence-electron chi connectivity index (χ1n) is 9.87. The highest BCUT2D eigenvalue weighted by molar-refractivity contribution is 6.33. The third kappa shape index (κ3) is 3.01. The molecule has 5 rings (SSSR count). The summed E-state index contributed by atoms with van der Waals surface area (Å²) in [5.74, 6) is 0.732. The number of rotatable bonds is 3. The molecule has 5 heteroatoms. The van der Waals surface area contributed by atoms with Gasteiger partial charge in [0.15, 0.2) is 5.82 Å². The maximum atomic E-state index is 6.43. The van der Waals surface area contributed by atoms with Crippen molar-refractivity contribution in [2.75, 3.05) is 5.32 Å². The van der Waals surface area contributed by atoms with Gasteiger partial charge in [-0.25, -0.2) is 9.97 Å². The minimum Gasteiger partial charge on any atom is -0.337 e. The van der Waals surface area contributed by atoms with Gasteiger partial charge in [-0.2, -0.15) is 0 Å². The zero-order valence-electron chi connectivity index (χ0n) is 17.1. The Bertz CT molecular complexity index is 1380. The molecule has 2 heterocycles. The second kappa shape index (κ2) is 7.15. The van der Waals surface area contributed by atoms with Crippen LogP contribution in [0.5, 0.6) is 0 Å². The lowest BCUT2D eigenvalue weighted by Crippen LogP contribution is -2.01. The van der Waals surface area contributed by atoms with E-state index in [4.69, 9.17) is 16.6 Å². The van der Waals surface area contributed by atoms with Crippen molar-refractivity contribution >= 4 is 39.7 Å². The van der Waals surface area contributed by atoms with Crippen LogP contribution in [0.3, 0.4) is 0 Å². The Labute approximate surface area is 180 Å². The molecule has 5 aromatic rings. The number of aryl methyl sites for hydroxylation is 3. The van der Waals surface area contributed by atoms with Gasteiger partial charge in [-0.05, 0) is 66.8 Å². The highest BCUT2D eigenvalue weighted by Crippen LogP contribution is 2.33. The molecular formula is C25H21ClN4. The molecule has 0 atom stereocenters. The minimum atomic E-state index is 0.667. The van der Waals surface area contributed by atoms with Gasteiger partial charge in [-0.1, -0.05) is 48.0 Å². The Kier molecular flexibility index (Phi) is 4.44. The van der Waals surface area contributed by atoms with Crippen molar-refractivity contribution in [1.29, 1.82) is 0 Å². The lowest BCUT2D eigenvalue weighted by Gasteiger charge is -2.15. The van der Waals surface area contributed by atoms with Gasteiger partial charge in [-0.15, -0.1) is 0 Å². The van der Waals surface area contributed by atoms with Crippen molar-refractivity contribution < 1.29 is 0 Å². The van der Waals surface area contributed by atoms with E-state index in [1.54, 1.807) is 0 Å². The zero-order valence-corrected chi connectivity index (χ0v) is 17.8. The van der Waals surface area contributed by atoms with Crippen LogP contribution < -0.4 is 5.32 Å². The average molecular weight is 413 g/mol. The van der Waals surface area contributed by atoms with Crippen LogP contribution in [0.4, 0.5) is 11.5 Å². The van der Waals surface area contributed by atoms with Gasteiger partial charge in [0, 0.05) is 0 Å². The number of benzene rings is 3. The Morgan fingerprint density at radius 1 is 0.867 bits per heavy atom. The number of imidazole rings is 1. The van der Waals surface area contributed by atoms with E-state index in [0.29, 0.717) is 5.02 Å². The lowest BCUT2D eigenvalue weighted by molar-refractivity contribution is 1.18. The monoisotopic (exact) mass is 412 g/mol. The molecule has 0 spiro atoms. The summed E-state index contributed by atoms with van der Waals surface area (Å²) >= 11 is 6.43. The fraction of sp³-hybridized carbons (Fsp3) is 0.120. The van der Waals surface area contributed by atoms with Crippen molar-refractivity contribution in [2.24, 2.45) is 0 Å². The molecular weight excluding hydrogens is 392 g/mol. The molecule has 0 aliphatic carbocycles. The van der Waals surface area contributed by atoms with Crippen LogP contribution in [0, 0.1) is 20.8 Å². The second-order valence-electron chi connectivity index (χ2n) is 7.64. The van der Waals surface area contributed by atoms with E-state index in [9.17, 15) is 0 Å². The molecule has 0 amide bonds. The molecule has 0 radical (unpaired) electrons. The first-order chi connectivity index (χ1) is 14.5. The normalized spacial score (nSPS) is 11.3. The zero-order chi connectivity index (χ0) is 20.8. The number of hydrogen-bond donors (Lipinski definition) is 1. The third-order valence-corrected chi connectivity index (χ3v) is 5.90. The fourth-order valence-corrected chi connectivity index (χ4v) is 4.35. The number of nitrogens with one attached hydrogen (secondary N) is 1. The van der Waals surface area contributed by atoms with Gasteiger partial charge in [0.25, 0.3) is 0 Å². The van der Waals surface area contributed by atoms with Gasteiger partial charge in [0.1, 0.15) is 5.52 Å². The largest absolute Gasteiger partial charge is 0.337 e. The summed E-state index contributed by atoms with van der Waals surface area (Å²) in [5.41, 5.74) is 9.70. The van der Waals surface area contributed by atoms with Crippen LogP contribution in [0.15, 0.2) is 67.1 Å². The summed E-state index contributed by atoms with van der Waals surface area (Å²) in [4.78, 5) is 9.29. The highest BCUT2D eigenvalue weighted by atomic mass is 35.5. The topological polar surface area (TPSA) is 42.2 Å². The molecule has 0 aliphatic heterocycles. The van der Waals surface area contributed by atoms with Gasteiger partial charge >= 0.3 is 0 Å². The summed E-state index contributed by atoms with van der Waals surface area (Å²) in [6.07, 6.45) is 3.66. The molecule has 148 valence electrons. The predicted molar refractivity (Wildman–Crippen MR) is 125 cm³/mol. The molecule has 3 aromatic carbocycles. The number of halogens is 1. The van der Waals surface area contributed by atoms with E-state index in [0.717, 1.165) is 33.6 Å². The van der Waals surface area contributed by atoms with Crippen molar-refractivity contribution in [3.05, 3.63) is 88.8 Å². The van der Waals surface area contributed by atoms with Crippen molar-refractivity contribution in [2.45, 2.75) is 20.8 Å². The Morgan fingerprint density at radius 3 is 2.37 bits per heavy atom. The van der Waals surface area contributed by atoms with Gasteiger partial charge in [0.05, 0.1) is 34.3 Å². The molecule has 0 unspecified atom stereocenters. The molecule has 0 bridgehead atoms. The highest BCUT2D eigenvalue weighted by Gasteiger charge is 2.14. The summed E-state index contributed by atoms with van der Waals surface area (Å²) in [5, 5.41) is 4.09. The molecule has 1 N–H and O–H groups in total. The predicted octanol–water partition coefficient (Wildman–Crippen LogP) is 6.87. The Balaban J connectivity index is 1.70. The number of aromatic nitrogens is 3. The second-order valence-corrected chi connectivity index (χ2v) is 8.04. The number of nitrogens with zero attached hydrogens (tertiary/aromatic N) is 3. The van der Waals surface area contributed by atoms with E-state index in [-0.39, 0.29) is 0 Å². The van der Waals surface area contributed by atoms with Gasteiger partial charge in [-0.3, -0.25) is 4.40 Å². The van der Waals surface area contributed by atoms with E-state index < -0.39 is 0 Å². The molecule has 2 aromatic heterocycles. The van der Waals surface area contributed by atoms with E-state index in [1.807, 2.05) is 37.6 Å². The van der Waals surface area contributed by atoms with Crippen LogP contribution in [0.1, 0.15) is 16.7 Å². The number of para-hydroxylation sites is 1. The Hall–Kier alpha value is -3.37. The number of fused-ring (bicyclic) bond motifs is 3. The molecule has 0 saturated heterocycles. The molecule has 0 saturated carbocycles. The van der Waals surface area contributed by atoms with E-state index in [2.05, 4.69) is 64.9 Å². The summed E-state index contributed by atoms with van der Waals surface area (Å²) in [7, 11) is 0. The van der Waals surface area contributed by atoms with Crippen LogP contribution >= 0.6 is 11.6 Å². The first kappa shape index (κ1) is 18.6. The summed E-state index contributed by atoms with van der Waals surface area (Å²) < 4.78 is 2.08. The van der Waals surface area contributed by atoms with Crippen LogP contribution in [0.2, 0.25) is 5.02 Å². The fourth-order valence-electron chi connectivity index (χ4n) is 4.08. The number of hydrogen-bond acceptors (Lipinski definition) is 3. The average Bonchev–Trinajstić information content (AvgIpc) is 3.21.